The van der Waals surface area contributed by atoms with Crippen LogP contribution in [-0.4, -0.2) is 24.6 Å². The molecule has 1 N–H and O–H groups in total. The van der Waals surface area contributed by atoms with Gasteiger partial charge in [-0.05, 0) is 30.5 Å². The molecule has 0 atom stereocenters. The van der Waals surface area contributed by atoms with Crippen LogP contribution < -0.4 is 0 Å². The number of nitrogens with zero attached hydrogens (tertiary/aromatic N) is 1. The smallest absolute Gasteiger partial charge is 0.175 e. The number of aromatic amines is 1. The van der Waals surface area contributed by atoms with Gasteiger partial charge >= 0.3 is 0 Å². The first kappa shape index (κ1) is 14.6. The lowest BCUT2D eigenvalue weighted by atomic mass is 9.86. The van der Waals surface area contributed by atoms with Crippen molar-refractivity contribution in [2.24, 2.45) is 5.92 Å². The summed E-state index contributed by atoms with van der Waals surface area (Å²) in [7, 11) is -3.16. The van der Waals surface area contributed by atoms with E-state index in [2.05, 4.69) is 9.97 Å². The van der Waals surface area contributed by atoms with Crippen molar-refractivity contribution in [1.29, 1.82) is 0 Å². The first-order chi connectivity index (χ1) is 10.0. The summed E-state index contributed by atoms with van der Waals surface area (Å²) in [5, 5.41) is 0. The molecule has 1 fully saturated rings. The number of fused-ring (bicyclic) bond motifs is 1. The molecule has 0 spiro atoms. The van der Waals surface area contributed by atoms with Crippen molar-refractivity contribution < 1.29 is 8.42 Å². The van der Waals surface area contributed by atoms with Crippen LogP contribution in [0, 0.1) is 5.92 Å². The Bertz CT molecular complexity index is 728. The van der Waals surface area contributed by atoms with Gasteiger partial charge in [-0.1, -0.05) is 32.1 Å². The maximum absolute atomic E-state index is 11.6. The van der Waals surface area contributed by atoms with Gasteiger partial charge in [-0.3, -0.25) is 0 Å². The summed E-state index contributed by atoms with van der Waals surface area (Å²) in [6.45, 7) is 0. The standard InChI is InChI=1S/C16H22N2O2S/c1-21(19,20)13-8-9-14-15(11-13)18-16(17-14)10-7-12-5-3-2-4-6-12/h8-9,11-12H,2-7,10H2,1H3,(H,17,18). The molecule has 0 bridgehead atoms. The van der Waals surface area contributed by atoms with Crippen LogP contribution in [0.25, 0.3) is 11.0 Å². The second kappa shape index (κ2) is 5.79. The molecule has 0 saturated heterocycles. The molecule has 0 amide bonds. The number of sulfone groups is 1. The van der Waals surface area contributed by atoms with E-state index in [0.717, 1.165) is 29.2 Å². The number of aromatic nitrogens is 2. The fraction of sp³-hybridized carbons (Fsp3) is 0.562. The lowest BCUT2D eigenvalue weighted by molar-refractivity contribution is 0.337. The van der Waals surface area contributed by atoms with E-state index in [1.807, 2.05) is 0 Å². The van der Waals surface area contributed by atoms with Gasteiger partial charge in [0.05, 0.1) is 15.9 Å². The highest BCUT2D eigenvalue weighted by Gasteiger charge is 2.15. The topological polar surface area (TPSA) is 62.8 Å². The van der Waals surface area contributed by atoms with Crippen LogP contribution in [0.15, 0.2) is 23.1 Å². The van der Waals surface area contributed by atoms with Crippen LogP contribution in [0.3, 0.4) is 0 Å². The molecule has 1 aromatic carbocycles. The molecule has 114 valence electrons. The summed E-state index contributed by atoms with van der Waals surface area (Å²) in [4.78, 5) is 8.19. The monoisotopic (exact) mass is 306 g/mol. The van der Waals surface area contributed by atoms with Gasteiger partial charge in [-0.15, -0.1) is 0 Å². The molecule has 5 heteroatoms. The Morgan fingerprint density at radius 2 is 2.00 bits per heavy atom. The third kappa shape index (κ3) is 3.46. The zero-order valence-corrected chi connectivity index (χ0v) is 13.2. The second-order valence-electron chi connectivity index (χ2n) is 6.18. The lowest BCUT2D eigenvalue weighted by Gasteiger charge is -2.20. The van der Waals surface area contributed by atoms with Crippen LogP contribution in [0.4, 0.5) is 0 Å². The minimum atomic E-state index is -3.16. The first-order valence-corrected chi connectivity index (χ1v) is 9.60. The number of aryl methyl sites for hydroxylation is 1. The Balaban J connectivity index is 1.74. The Kier molecular flexibility index (Phi) is 4.02. The lowest BCUT2D eigenvalue weighted by Crippen LogP contribution is -2.07. The summed E-state index contributed by atoms with van der Waals surface area (Å²) < 4.78 is 23.2. The van der Waals surface area contributed by atoms with E-state index in [1.54, 1.807) is 18.2 Å². The SMILES string of the molecule is CS(=O)(=O)c1ccc2nc(CCC3CCCCC3)[nH]c2c1. The minimum absolute atomic E-state index is 0.345. The largest absolute Gasteiger partial charge is 0.342 e. The van der Waals surface area contributed by atoms with Crippen LogP contribution >= 0.6 is 0 Å². The molecule has 4 nitrogen and oxygen atoms in total. The number of nitrogens with one attached hydrogen (secondary N) is 1. The molecule has 3 rings (SSSR count). The maximum Gasteiger partial charge on any atom is 0.175 e. The van der Waals surface area contributed by atoms with E-state index < -0.39 is 9.84 Å². The Hall–Kier alpha value is -1.36. The first-order valence-electron chi connectivity index (χ1n) is 7.71. The number of H-pyrrole nitrogens is 1. The molecule has 1 aliphatic rings. The zero-order valence-electron chi connectivity index (χ0n) is 12.4. The number of rotatable bonds is 4. The van der Waals surface area contributed by atoms with Gasteiger partial charge in [0, 0.05) is 12.7 Å². The van der Waals surface area contributed by atoms with Crippen molar-refractivity contribution in [2.45, 2.75) is 49.8 Å². The van der Waals surface area contributed by atoms with Gasteiger partial charge in [-0.2, -0.15) is 0 Å². The molecule has 1 aliphatic carbocycles. The Labute approximate surface area is 125 Å². The quantitative estimate of drug-likeness (QED) is 0.940. The summed E-state index contributed by atoms with van der Waals surface area (Å²) in [6.07, 6.45) is 10.2. The van der Waals surface area contributed by atoms with E-state index in [-0.39, 0.29) is 0 Å². The Morgan fingerprint density at radius 3 is 2.71 bits per heavy atom. The van der Waals surface area contributed by atoms with Crippen molar-refractivity contribution in [3.05, 3.63) is 24.0 Å². The molecular weight excluding hydrogens is 284 g/mol. The van der Waals surface area contributed by atoms with E-state index in [9.17, 15) is 8.42 Å². The van der Waals surface area contributed by atoms with Gasteiger partial charge in [0.1, 0.15) is 5.82 Å². The van der Waals surface area contributed by atoms with Crippen LogP contribution in [0.1, 0.15) is 44.3 Å². The molecule has 21 heavy (non-hydrogen) atoms. The number of benzene rings is 1. The van der Waals surface area contributed by atoms with Crippen LogP contribution in [-0.2, 0) is 16.3 Å². The predicted molar refractivity (Wildman–Crippen MR) is 84.1 cm³/mol. The molecule has 0 unspecified atom stereocenters. The predicted octanol–water partition coefficient (Wildman–Crippen LogP) is 3.48. The summed E-state index contributed by atoms with van der Waals surface area (Å²) in [5.74, 6) is 1.81. The molecule has 2 aromatic rings. The molecule has 1 saturated carbocycles. The summed E-state index contributed by atoms with van der Waals surface area (Å²) in [6, 6.07) is 5.09. The Morgan fingerprint density at radius 1 is 1.24 bits per heavy atom. The van der Waals surface area contributed by atoms with E-state index >= 15 is 0 Å². The van der Waals surface area contributed by atoms with Gasteiger partial charge in [0.25, 0.3) is 0 Å². The number of imidazole rings is 1. The third-order valence-corrected chi connectivity index (χ3v) is 5.55. The minimum Gasteiger partial charge on any atom is -0.342 e. The van der Waals surface area contributed by atoms with Gasteiger partial charge in [0.2, 0.25) is 0 Å². The molecule has 0 radical (unpaired) electrons. The third-order valence-electron chi connectivity index (χ3n) is 4.44. The van der Waals surface area contributed by atoms with Crippen molar-refractivity contribution in [1.82, 2.24) is 9.97 Å². The molecule has 1 aromatic heterocycles. The van der Waals surface area contributed by atoms with E-state index in [4.69, 9.17) is 0 Å². The molecular formula is C16H22N2O2S. The zero-order chi connectivity index (χ0) is 14.9. The van der Waals surface area contributed by atoms with Crippen LogP contribution in [0.2, 0.25) is 0 Å². The average molecular weight is 306 g/mol. The number of hydrogen-bond donors (Lipinski definition) is 1. The van der Waals surface area contributed by atoms with Crippen LogP contribution in [0.5, 0.6) is 0 Å². The van der Waals surface area contributed by atoms with E-state index in [1.165, 1.54) is 44.8 Å². The highest BCUT2D eigenvalue weighted by atomic mass is 32.2. The highest BCUT2D eigenvalue weighted by molar-refractivity contribution is 7.90. The number of hydrogen-bond acceptors (Lipinski definition) is 3. The normalized spacial score (nSPS) is 17.4. The van der Waals surface area contributed by atoms with E-state index in [0.29, 0.717) is 4.90 Å². The molecule has 0 aliphatic heterocycles. The van der Waals surface area contributed by atoms with Gasteiger partial charge in [-0.25, -0.2) is 13.4 Å². The maximum atomic E-state index is 11.6. The van der Waals surface area contributed by atoms with Crippen molar-refractivity contribution in [3.63, 3.8) is 0 Å². The van der Waals surface area contributed by atoms with Crippen molar-refractivity contribution in [2.75, 3.05) is 6.26 Å². The van der Waals surface area contributed by atoms with Crippen molar-refractivity contribution in [3.8, 4) is 0 Å². The average Bonchev–Trinajstić information content (AvgIpc) is 2.87. The summed E-state index contributed by atoms with van der Waals surface area (Å²) >= 11 is 0. The van der Waals surface area contributed by atoms with Gasteiger partial charge < -0.3 is 4.98 Å². The summed E-state index contributed by atoms with van der Waals surface area (Å²) in [5.41, 5.74) is 1.66. The highest BCUT2D eigenvalue weighted by Crippen LogP contribution is 2.27. The van der Waals surface area contributed by atoms with Crippen molar-refractivity contribution >= 4 is 20.9 Å². The molecule has 1 heterocycles. The second-order valence-corrected chi connectivity index (χ2v) is 8.19. The fourth-order valence-electron chi connectivity index (χ4n) is 3.21. The fourth-order valence-corrected chi connectivity index (χ4v) is 3.85. The van der Waals surface area contributed by atoms with Gasteiger partial charge in [0.15, 0.2) is 9.84 Å².